The maximum atomic E-state index is 11.4. The van der Waals surface area contributed by atoms with Crippen molar-refractivity contribution in [3.63, 3.8) is 0 Å². The zero-order valence-electron chi connectivity index (χ0n) is 12.4. The molecule has 0 aromatic rings. The van der Waals surface area contributed by atoms with Crippen LogP contribution in [0.5, 0.6) is 0 Å². The molecule has 116 valence electrons. The molecule has 0 spiro atoms. The van der Waals surface area contributed by atoms with Gasteiger partial charge in [0.25, 0.3) is 0 Å². The average Bonchev–Trinajstić information content (AvgIpc) is 2.45. The third-order valence-electron chi connectivity index (χ3n) is 2.71. The fourth-order valence-corrected chi connectivity index (χ4v) is 1.53. The van der Waals surface area contributed by atoms with E-state index in [1.54, 1.807) is 0 Å². The van der Waals surface area contributed by atoms with Gasteiger partial charge in [-0.25, -0.2) is 0 Å². The van der Waals surface area contributed by atoms with Crippen LogP contribution in [0.3, 0.4) is 0 Å². The third kappa shape index (κ3) is 11.5. The van der Waals surface area contributed by atoms with Gasteiger partial charge in [-0.15, -0.1) is 0 Å². The monoisotopic (exact) mass is 287 g/mol. The lowest BCUT2D eigenvalue weighted by Crippen LogP contribution is -2.27. The maximum Gasteiger partial charge on any atom is 0.306 e. The van der Waals surface area contributed by atoms with Crippen LogP contribution in [0.4, 0.5) is 0 Å². The number of amides is 1. The summed E-state index contributed by atoms with van der Waals surface area (Å²) in [4.78, 5) is 33.4. The number of unbranched alkanes of at least 4 members (excludes halogenated alkanes) is 3. The van der Waals surface area contributed by atoms with E-state index >= 15 is 0 Å². The van der Waals surface area contributed by atoms with E-state index in [1.165, 1.54) is 7.11 Å². The molecule has 0 aliphatic carbocycles. The molecule has 0 aromatic carbocycles. The summed E-state index contributed by atoms with van der Waals surface area (Å²) >= 11 is 0. The number of nitrogens with one attached hydrogen (secondary N) is 1. The first kappa shape index (κ1) is 18.4. The molecule has 0 atom stereocenters. The van der Waals surface area contributed by atoms with Crippen molar-refractivity contribution in [3.05, 3.63) is 0 Å². The van der Waals surface area contributed by atoms with Crippen molar-refractivity contribution in [3.8, 4) is 0 Å². The van der Waals surface area contributed by atoms with Crippen molar-refractivity contribution in [2.45, 2.75) is 51.9 Å². The summed E-state index contributed by atoms with van der Waals surface area (Å²) in [6.07, 6.45) is 4.76. The molecule has 1 amide bonds. The van der Waals surface area contributed by atoms with Gasteiger partial charge in [-0.1, -0.05) is 26.2 Å². The van der Waals surface area contributed by atoms with Crippen molar-refractivity contribution in [1.29, 1.82) is 0 Å². The number of carbonyl (C=O) groups is 3. The molecule has 0 fully saturated rings. The Kier molecular flexibility index (Phi) is 11.5. The summed E-state index contributed by atoms with van der Waals surface area (Å²) in [6, 6.07) is 0. The van der Waals surface area contributed by atoms with E-state index in [2.05, 4.69) is 17.0 Å². The fourth-order valence-electron chi connectivity index (χ4n) is 1.53. The Labute approximate surface area is 120 Å². The highest BCUT2D eigenvalue weighted by molar-refractivity contribution is 5.77. The van der Waals surface area contributed by atoms with Crippen LogP contribution in [-0.2, 0) is 23.9 Å². The predicted octanol–water partition coefficient (Wildman–Crippen LogP) is 1.57. The molecule has 0 aromatic heterocycles. The lowest BCUT2D eigenvalue weighted by Gasteiger charge is -2.06. The quantitative estimate of drug-likeness (QED) is 0.461. The molecular weight excluding hydrogens is 262 g/mol. The fraction of sp³-hybridized carbons (Fsp3) is 0.786. The van der Waals surface area contributed by atoms with Gasteiger partial charge in [-0.05, 0) is 6.42 Å². The van der Waals surface area contributed by atoms with Gasteiger partial charge in [0.1, 0.15) is 6.61 Å². The topological polar surface area (TPSA) is 81.7 Å². The highest BCUT2D eigenvalue weighted by atomic mass is 16.5. The van der Waals surface area contributed by atoms with Gasteiger partial charge in [-0.2, -0.15) is 0 Å². The first-order valence-electron chi connectivity index (χ1n) is 7.09. The lowest BCUT2D eigenvalue weighted by atomic mass is 10.1. The second kappa shape index (κ2) is 12.4. The molecular formula is C14H25NO5. The van der Waals surface area contributed by atoms with Crippen LogP contribution in [0.2, 0.25) is 0 Å². The Balaban J connectivity index is 3.43. The SMILES string of the molecule is CCCCCCC(=O)NCCOC(=O)CCC(=O)OC. The number of ether oxygens (including phenoxy) is 2. The van der Waals surface area contributed by atoms with Crippen molar-refractivity contribution >= 4 is 17.8 Å². The predicted molar refractivity (Wildman–Crippen MR) is 74.0 cm³/mol. The summed E-state index contributed by atoms with van der Waals surface area (Å²) in [5, 5.41) is 2.68. The van der Waals surface area contributed by atoms with Gasteiger partial charge in [0.15, 0.2) is 0 Å². The Bertz CT molecular complexity index is 304. The molecule has 0 aliphatic heterocycles. The minimum absolute atomic E-state index is 0.00234. The standard InChI is InChI=1S/C14H25NO5/c1-3-4-5-6-7-12(16)15-10-11-20-14(18)9-8-13(17)19-2/h3-11H2,1-2H3,(H,15,16). The molecule has 6 heteroatoms. The number of esters is 2. The van der Waals surface area contributed by atoms with Crippen LogP contribution in [0.1, 0.15) is 51.9 Å². The molecule has 0 bridgehead atoms. The second-order valence-corrected chi connectivity index (χ2v) is 4.46. The normalized spacial score (nSPS) is 9.90. The summed E-state index contributed by atoms with van der Waals surface area (Å²) in [6.45, 7) is 2.55. The van der Waals surface area contributed by atoms with E-state index in [4.69, 9.17) is 4.74 Å². The summed E-state index contributed by atoms with van der Waals surface area (Å²) in [7, 11) is 1.27. The molecule has 0 unspecified atom stereocenters. The van der Waals surface area contributed by atoms with Crippen molar-refractivity contribution in [2.75, 3.05) is 20.3 Å². The Morgan fingerprint density at radius 3 is 2.30 bits per heavy atom. The number of carbonyl (C=O) groups excluding carboxylic acids is 3. The molecule has 20 heavy (non-hydrogen) atoms. The van der Waals surface area contributed by atoms with Gasteiger partial charge in [0.05, 0.1) is 26.5 Å². The van der Waals surface area contributed by atoms with E-state index in [1.807, 2.05) is 0 Å². The van der Waals surface area contributed by atoms with E-state index in [0.29, 0.717) is 13.0 Å². The molecule has 0 heterocycles. The number of hydrogen-bond donors (Lipinski definition) is 1. The van der Waals surface area contributed by atoms with Crippen LogP contribution >= 0.6 is 0 Å². The molecule has 0 rings (SSSR count). The number of hydrogen-bond acceptors (Lipinski definition) is 5. The summed E-state index contributed by atoms with van der Waals surface area (Å²) in [5.41, 5.74) is 0. The molecule has 1 N–H and O–H groups in total. The summed E-state index contributed by atoms with van der Waals surface area (Å²) < 4.78 is 9.28. The van der Waals surface area contributed by atoms with Crippen molar-refractivity contribution in [1.82, 2.24) is 5.32 Å². The summed E-state index contributed by atoms with van der Waals surface area (Å²) in [5.74, 6) is -0.929. The smallest absolute Gasteiger partial charge is 0.306 e. The molecule has 0 saturated heterocycles. The Hall–Kier alpha value is -1.59. The first-order valence-corrected chi connectivity index (χ1v) is 7.09. The van der Waals surface area contributed by atoms with E-state index in [-0.39, 0.29) is 25.4 Å². The number of methoxy groups -OCH3 is 1. The number of rotatable bonds is 11. The van der Waals surface area contributed by atoms with E-state index in [0.717, 1.165) is 25.7 Å². The maximum absolute atomic E-state index is 11.4. The van der Waals surface area contributed by atoms with Gasteiger partial charge in [0, 0.05) is 6.42 Å². The minimum Gasteiger partial charge on any atom is -0.469 e. The molecule has 6 nitrogen and oxygen atoms in total. The Morgan fingerprint density at radius 1 is 0.950 bits per heavy atom. The van der Waals surface area contributed by atoms with Gasteiger partial charge in [0.2, 0.25) is 5.91 Å². The van der Waals surface area contributed by atoms with Crippen LogP contribution in [-0.4, -0.2) is 38.1 Å². The third-order valence-corrected chi connectivity index (χ3v) is 2.71. The second-order valence-electron chi connectivity index (χ2n) is 4.46. The highest BCUT2D eigenvalue weighted by Gasteiger charge is 2.08. The van der Waals surface area contributed by atoms with Crippen LogP contribution < -0.4 is 5.32 Å². The van der Waals surface area contributed by atoms with Gasteiger partial charge >= 0.3 is 11.9 Å². The molecule has 0 radical (unpaired) electrons. The Morgan fingerprint density at radius 2 is 1.65 bits per heavy atom. The van der Waals surface area contributed by atoms with Gasteiger partial charge in [-0.3, -0.25) is 14.4 Å². The molecule has 0 aliphatic rings. The van der Waals surface area contributed by atoms with Crippen LogP contribution in [0, 0.1) is 0 Å². The zero-order chi connectivity index (χ0) is 15.2. The van der Waals surface area contributed by atoms with E-state index in [9.17, 15) is 14.4 Å². The zero-order valence-corrected chi connectivity index (χ0v) is 12.4. The average molecular weight is 287 g/mol. The highest BCUT2D eigenvalue weighted by Crippen LogP contribution is 2.01. The molecule has 0 saturated carbocycles. The van der Waals surface area contributed by atoms with E-state index < -0.39 is 11.9 Å². The lowest BCUT2D eigenvalue weighted by molar-refractivity contribution is -0.149. The van der Waals surface area contributed by atoms with Gasteiger partial charge < -0.3 is 14.8 Å². The first-order chi connectivity index (χ1) is 9.60. The van der Waals surface area contributed by atoms with Crippen LogP contribution in [0.25, 0.3) is 0 Å². The van der Waals surface area contributed by atoms with Crippen molar-refractivity contribution < 1.29 is 23.9 Å². The minimum atomic E-state index is -0.465. The van der Waals surface area contributed by atoms with Crippen LogP contribution in [0.15, 0.2) is 0 Å². The van der Waals surface area contributed by atoms with Crippen molar-refractivity contribution in [2.24, 2.45) is 0 Å². The largest absolute Gasteiger partial charge is 0.469 e.